The summed E-state index contributed by atoms with van der Waals surface area (Å²) in [5.41, 5.74) is 8.17. The lowest BCUT2D eigenvalue weighted by molar-refractivity contribution is 0.1000. The maximum Gasteiger partial charge on any atom is 0.274 e. The summed E-state index contributed by atoms with van der Waals surface area (Å²) in [4.78, 5) is 29.2. The number of thiophene rings is 1. The highest BCUT2D eigenvalue weighted by Crippen LogP contribution is 2.40. The molecule has 0 radical (unpaired) electrons. The van der Waals surface area contributed by atoms with E-state index in [4.69, 9.17) is 5.73 Å². The molecule has 0 bridgehead atoms. The lowest BCUT2D eigenvalue weighted by Crippen LogP contribution is -2.19. The molecule has 0 spiro atoms. The molecule has 27 heavy (non-hydrogen) atoms. The summed E-state index contributed by atoms with van der Waals surface area (Å²) >= 11 is 1.36. The number of pyridine rings is 1. The van der Waals surface area contributed by atoms with Crippen molar-refractivity contribution in [2.45, 2.75) is 38.0 Å². The molecule has 4 rings (SSSR count). The molecule has 6 heteroatoms. The number of anilines is 1. The van der Waals surface area contributed by atoms with Gasteiger partial charge in [0.25, 0.3) is 11.8 Å². The second-order valence-corrected chi connectivity index (χ2v) is 7.82. The minimum Gasteiger partial charge on any atom is -0.365 e. The molecular formula is C21H21N3O2S. The van der Waals surface area contributed by atoms with Crippen molar-refractivity contribution in [1.82, 2.24) is 4.98 Å². The predicted octanol–water partition coefficient (Wildman–Crippen LogP) is 4.70. The van der Waals surface area contributed by atoms with Crippen molar-refractivity contribution in [3.8, 4) is 0 Å². The van der Waals surface area contributed by atoms with E-state index in [2.05, 4.69) is 10.3 Å². The molecular weight excluding hydrogens is 358 g/mol. The number of aromatic nitrogens is 1. The van der Waals surface area contributed by atoms with Crippen molar-refractivity contribution >= 4 is 39.1 Å². The Morgan fingerprint density at radius 1 is 1.07 bits per heavy atom. The van der Waals surface area contributed by atoms with Crippen LogP contribution in [-0.2, 0) is 0 Å². The molecule has 0 unspecified atom stereocenters. The van der Waals surface area contributed by atoms with Crippen molar-refractivity contribution < 1.29 is 9.59 Å². The van der Waals surface area contributed by atoms with E-state index < -0.39 is 5.91 Å². The number of hydrogen-bond donors (Lipinski definition) is 2. The summed E-state index contributed by atoms with van der Waals surface area (Å²) in [5.74, 6) is -0.471. The molecule has 2 aromatic heterocycles. The number of carbonyl (C=O) groups excluding carboxylic acids is 2. The minimum atomic E-state index is -0.487. The molecule has 3 aromatic rings. The fourth-order valence-electron chi connectivity index (χ4n) is 3.79. The maximum atomic E-state index is 12.7. The van der Waals surface area contributed by atoms with Gasteiger partial charge in [0.1, 0.15) is 10.7 Å². The highest BCUT2D eigenvalue weighted by atomic mass is 32.1. The van der Waals surface area contributed by atoms with E-state index in [9.17, 15) is 9.59 Å². The standard InChI is InChI=1S/C21H21N3O2S/c22-19(25)18-15(13-6-2-1-3-7-13)12-27-21(18)24-20(26)17-11-10-14-8-4-5-9-16(14)23-17/h4-5,8-13H,1-3,6-7H2,(H2,22,25)(H,24,26). The number of fused-ring (bicyclic) bond motifs is 1. The van der Waals surface area contributed by atoms with Crippen LogP contribution < -0.4 is 11.1 Å². The second kappa shape index (κ2) is 7.48. The van der Waals surface area contributed by atoms with E-state index in [1.165, 1.54) is 30.6 Å². The largest absolute Gasteiger partial charge is 0.365 e. The average Bonchev–Trinajstić information content (AvgIpc) is 3.12. The lowest BCUT2D eigenvalue weighted by Gasteiger charge is -2.21. The number of para-hydroxylation sites is 1. The number of benzene rings is 1. The van der Waals surface area contributed by atoms with Gasteiger partial charge in [-0.2, -0.15) is 0 Å². The van der Waals surface area contributed by atoms with Gasteiger partial charge in [0, 0.05) is 5.39 Å². The number of hydrogen-bond acceptors (Lipinski definition) is 4. The van der Waals surface area contributed by atoms with E-state index in [1.807, 2.05) is 35.7 Å². The zero-order valence-corrected chi connectivity index (χ0v) is 15.7. The third-order valence-electron chi connectivity index (χ3n) is 5.17. The van der Waals surface area contributed by atoms with Gasteiger partial charge in [0.2, 0.25) is 0 Å². The first-order chi connectivity index (χ1) is 13.1. The van der Waals surface area contributed by atoms with Crippen LogP contribution in [0, 0.1) is 0 Å². The van der Waals surface area contributed by atoms with Crippen molar-refractivity contribution in [3.05, 3.63) is 58.6 Å². The fraction of sp³-hybridized carbons (Fsp3) is 0.286. The number of nitrogens with zero attached hydrogens (tertiary/aromatic N) is 1. The Balaban J connectivity index is 1.62. The number of nitrogens with one attached hydrogen (secondary N) is 1. The Morgan fingerprint density at radius 2 is 1.85 bits per heavy atom. The van der Waals surface area contributed by atoms with Gasteiger partial charge in [-0.25, -0.2) is 4.98 Å². The number of rotatable bonds is 4. The first kappa shape index (κ1) is 17.7. The van der Waals surface area contributed by atoms with Gasteiger partial charge in [0.05, 0.1) is 11.1 Å². The molecule has 0 aliphatic heterocycles. The molecule has 0 atom stereocenters. The van der Waals surface area contributed by atoms with Crippen LogP contribution in [0.2, 0.25) is 0 Å². The molecule has 5 nitrogen and oxygen atoms in total. The Morgan fingerprint density at radius 3 is 2.63 bits per heavy atom. The van der Waals surface area contributed by atoms with E-state index in [1.54, 1.807) is 6.07 Å². The summed E-state index contributed by atoms with van der Waals surface area (Å²) in [6, 6.07) is 11.2. The zero-order valence-electron chi connectivity index (χ0n) is 14.9. The van der Waals surface area contributed by atoms with E-state index in [0.717, 1.165) is 29.3 Å². The monoisotopic (exact) mass is 379 g/mol. The van der Waals surface area contributed by atoms with Gasteiger partial charge in [-0.15, -0.1) is 11.3 Å². The number of amides is 2. The molecule has 138 valence electrons. The van der Waals surface area contributed by atoms with Crippen molar-refractivity contribution in [2.24, 2.45) is 5.73 Å². The van der Waals surface area contributed by atoms with Crippen LogP contribution in [0.5, 0.6) is 0 Å². The molecule has 2 heterocycles. The van der Waals surface area contributed by atoms with Gasteiger partial charge < -0.3 is 11.1 Å². The molecule has 3 N–H and O–H groups in total. The van der Waals surface area contributed by atoms with Crippen molar-refractivity contribution in [2.75, 3.05) is 5.32 Å². The molecule has 0 saturated heterocycles. The van der Waals surface area contributed by atoms with Crippen molar-refractivity contribution in [3.63, 3.8) is 0 Å². The SMILES string of the molecule is NC(=O)c1c(C2CCCCC2)csc1NC(=O)c1ccc2ccccc2n1. The smallest absolute Gasteiger partial charge is 0.274 e. The van der Waals surface area contributed by atoms with Gasteiger partial charge in [-0.3, -0.25) is 9.59 Å². The predicted molar refractivity (Wildman–Crippen MR) is 108 cm³/mol. The van der Waals surface area contributed by atoms with Crippen molar-refractivity contribution in [1.29, 1.82) is 0 Å². The fourth-order valence-corrected chi connectivity index (χ4v) is 4.83. The summed E-state index contributed by atoms with van der Waals surface area (Å²) in [6.45, 7) is 0. The van der Waals surface area contributed by atoms with E-state index >= 15 is 0 Å². The average molecular weight is 379 g/mol. The van der Waals surface area contributed by atoms with Crippen LogP contribution in [0.1, 0.15) is 64.4 Å². The molecule has 1 aliphatic carbocycles. The first-order valence-electron chi connectivity index (χ1n) is 9.22. The Hall–Kier alpha value is -2.73. The van der Waals surface area contributed by atoms with Gasteiger partial charge in [0.15, 0.2) is 0 Å². The maximum absolute atomic E-state index is 12.7. The molecule has 1 saturated carbocycles. The van der Waals surface area contributed by atoms with Crippen LogP contribution in [0.4, 0.5) is 5.00 Å². The summed E-state index contributed by atoms with van der Waals surface area (Å²) < 4.78 is 0. The topological polar surface area (TPSA) is 85.1 Å². The molecule has 1 aliphatic rings. The van der Waals surface area contributed by atoms with Crippen LogP contribution in [-0.4, -0.2) is 16.8 Å². The van der Waals surface area contributed by atoms with Gasteiger partial charge in [-0.1, -0.05) is 43.5 Å². The molecule has 1 fully saturated rings. The number of primary amides is 1. The molecule has 2 amide bonds. The molecule has 1 aromatic carbocycles. The van der Waals surface area contributed by atoms with Crippen LogP contribution in [0.25, 0.3) is 10.9 Å². The Kier molecular flexibility index (Phi) is 4.90. The summed E-state index contributed by atoms with van der Waals surface area (Å²) in [6.07, 6.45) is 5.71. The Bertz CT molecular complexity index is 1010. The summed E-state index contributed by atoms with van der Waals surface area (Å²) in [5, 5.41) is 6.31. The third kappa shape index (κ3) is 3.57. The van der Waals surface area contributed by atoms with Gasteiger partial charge >= 0.3 is 0 Å². The Labute approximate surface area is 161 Å². The summed E-state index contributed by atoms with van der Waals surface area (Å²) in [7, 11) is 0. The van der Waals surface area contributed by atoms with E-state index in [-0.39, 0.29) is 5.91 Å². The van der Waals surface area contributed by atoms with E-state index in [0.29, 0.717) is 22.2 Å². The quantitative estimate of drug-likeness (QED) is 0.689. The van der Waals surface area contributed by atoms with Gasteiger partial charge in [-0.05, 0) is 41.8 Å². The van der Waals surface area contributed by atoms with Crippen LogP contribution in [0.15, 0.2) is 41.8 Å². The zero-order chi connectivity index (χ0) is 18.8. The van der Waals surface area contributed by atoms with Crippen LogP contribution >= 0.6 is 11.3 Å². The first-order valence-corrected chi connectivity index (χ1v) is 10.1. The minimum absolute atomic E-state index is 0.316. The number of nitrogens with two attached hydrogens (primary N) is 1. The highest BCUT2D eigenvalue weighted by molar-refractivity contribution is 7.15. The van der Waals surface area contributed by atoms with Crippen LogP contribution in [0.3, 0.4) is 0 Å². The lowest BCUT2D eigenvalue weighted by atomic mass is 9.83. The second-order valence-electron chi connectivity index (χ2n) is 6.94. The number of carbonyl (C=O) groups is 2. The highest BCUT2D eigenvalue weighted by Gasteiger charge is 2.25. The third-order valence-corrected chi connectivity index (χ3v) is 6.08. The normalized spacial score (nSPS) is 15.0.